The van der Waals surface area contributed by atoms with E-state index in [9.17, 15) is 4.79 Å². The van der Waals surface area contributed by atoms with Gasteiger partial charge < -0.3 is 5.32 Å². The number of hydrogen-bond donors (Lipinski definition) is 1. The molecule has 0 unspecified atom stereocenters. The van der Waals surface area contributed by atoms with Crippen LogP contribution in [-0.2, 0) is 6.42 Å². The van der Waals surface area contributed by atoms with Gasteiger partial charge in [0.2, 0.25) is 0 Å². The van der Waals surface area contributed by atoms with Crippen molar-refractivity contribution >= 4 is 23.1 Å². The van der Waals surface area contributed by atoms with Gasteiger partial charge in [-0.05, 0) is 42.2 Å². The van der Waals surface area contributed by atoms with E-state index in [-0.39, 0.29) is 5.91 Å². The second kappa shape index (κ2) is 6.07. The Morgan fingerprint density at radius 3 is 2.79 bits per heavy atom. The van der Waals surface area contributed by atoms with Crippen molar-refractivity contribution in [2.24, 2.45) is 0 Å². The van der Waals surface area contributed by atoms with Gasteiger partial charge in [0.25, 0.3) is 5.91 Å². The zero-order chi connectivity index (χ0) is 13.7. The van der Waals surface area contributed by atoms with Gasteiger partial charge in [0, 0.05) is 5.69 Å². The number of carbonyl (C=O) groups is 1. The minimum atomic E-state index is -0.205. The standard InChI is InChI=1S/C13H12N4OS/c1-2-3-11-12(19-17-16-11)13(18)15-10-6-4-9(8-14)5-7-10/h4-7H,2-3H2,1H3,(H,15,18). The minimum Gasteiger partial charge on any atom is -0.321 e. The van der Waals surface area contributed by atoms with Crippen LogP contribution in [0.1, 0.15) is 34.3 Å². The van der Waals surface area contributed by atoms with Crippen molar-refractivity contribution in [3.8, 4) is 6.07 Å². The maximum Gasteiger partial charge on any atom is 0.269 e. The van der Waals surface area contributed by atoms with Gasteiger partial charge in [0.1, 0.15) is 4.88 Å². The Balaban J connectivity index is 2.11. The Morgan fingerprint density at radius 2 is 2.16 bits per heavy atom. The Kier molecular flexibility index (Phi) is 4.21. The van der Waals surface area contributed by atoms with Gasteiger partial charge in [-0.1, -0.05) is 17.8 Å². The summed E-state index contributed by atoms with van der Waals surface area (Å²) >= 11 is 1.10. The van der Waals surface area contributed by atoms with Crippen molar-refractivity contribution in [3.63, 3.8) is 0 Å². The fourth-order valence-corrected chi connectivity index (χ4v) is 2.20. The van der Waals surface area contributed by atoms with Gasteiger partial charge >= 0.3 is 0 Å². The highest BCUT2D eigenvalue weighted by Crippen LogP contribution is 2.16. The van der Waals surface area contributed by atoms with Crippen LogP contribution in [-0.4, -0.2) is 15.5 Å². The molecule has 1 N–H and O–H groups in total. The minimum absolute atomic E-state index is 0.205. The average molecular weight is 272 g/mol. The molecule has 0 aliphatic heterocycles. The summed E-state index contributed by atoms with van der Waals surface area (Å²) in [5, 5.41) is 15.4. The molecule has 0 bridgehead atoms. The second-order valence-electron chi connectivity index (χ2n) is 3.94. The number of aryl methyl sites for hydroxylation is 1. The monoisotopic (exact) mass is 272 g/mol. The normalized spacial score (nSPS) is 9.89. The number of nitrogens with one attached hydrogen (secondary N) is 1. The summed E-state index contributed by atoms with van der Waals surface area (Å²) in [6.45, 7) is 2.03. The van der Waals surface area contributed by atoms with E-state index >= 15 is 0 Å². The van der Waals surface area contributed by atoms with E-state index in [1.807, 2.05) is 13.0 Å². The molecule has 0 atom stereocenters. The van der Waals surface area contributed by atoms with E-state index in [2.05, 4.69) is 14.9 Å². The van der Waals surface area contributed by atoms with Gasteiger partial charge in [-0.2, -0.15) is 5.26 Å². The number of nitrogens with zero attached hydrogens (tertiary/aromatic N) is 3. The highest BCUT2D eigenvalue weighted by Gasteiger charge is 2.15. The molecule has 0 radical (unpaired) electrons. The molecular formula is C13H12N4OS. The van der Waals surface area contributed by atoms with E-state index in [1.54, 1.807) is 24.3 Å². The lowest BCUT2D eigenvalue weighted by molar-refractivity contribution is 0.102. The van der Waals surface area contributed by atoms with Crippen LogP contribution in [0.4, 0.5) is 5.69 Å². The fourth-order valence-electron chi connectivity index (χ4n) is 1.60. The molecule has 19 heavy (non-hydrogen) atoms. The Morgan fingerprint density at radius 1 is 1.42 bits per heavy atom. The van der Waals surface area contributed by atoms with E-state index in [0.29, 0.717) is 16.1 Å². The highest BCUT2D eigenvalue weighted by molar-refractivity contribution is 7.08. The average Bonchev–Trinajstić information content (AvgIpc) is 2.88. The van der Waals surface area contributed by atoms with Crippen molar-refractivity contribution in [2.75, 3.05) is 5.32 Å². The molecule has 1 heterocycles. The number of benzene rings is 1. The van der Waals surface area contributed by atoms with Gasteiger partial charge in [-0.15, -0.1) is 5.10 Å². The molecule has 0 saturated carbocycles. The van der Waals surface area contributed by atoms with Crippen LogP contribution in [0.2, 0.25) is 0 Å². The lowest BCUT2D eigenvalue weighted by Crippen LogP contribution is -2.12. The summed E-state index contributed by atoms with van der Waals surface area (Å²) in [6, 6.07) is 8.75. The predicted molar refractivity (Wildman–Crippen MR) is 73.0 cm³/mol. The van der Waals surface area contributed by atoms with Crippen molar-refractivity contribution in [1.29, 1.82) is 5.26 Å². The molecular weight excluding hydrogens is 260 g/mol. The van der Waals surface area contributed by atoms with Gasteiger partial charge in [-0.3, -0.25) is 4.79 Å². The van der Waals surface area contributed by atoms with Crippen LogP contribution in [0.5, 0.6) is 0 Å². The molecule has 0 saturated heterocycles. The summed E-state index contributed by atoms with van der Waals surface area (Å²) < 4.78 is 3.82. The molecule has 1 aromatic carbocycles. The topological polar surface area (TPSA) is 78.7 Å². The third-order valence-electron chi connectivity index (χ3n) is 2.52. The lowest BCUT2D eigenvalue weighted by atomic mass is 10.2. The van der Waals surface area contributed by atoms with Crippen LogP contribution in [0.25, 0.3) is 0 Å². The molecule has 2 rings (SSSR count). The van der Waals surface area contributed by atoms with E-state index in [0.717, 1.165) is 30.1 Å². The first-order valence-electron chi connectivity index (χ1n) is 5.87. The maximum atomic E-state index is 12.1. The van der Waals surface area contributed by atoms with Crippen molar-refractivity contribution in [3.05, 3.63) is 40.4 Å². The summed E-state index contributed by atoms with van der Waals surface area (Å²) in [4.78, 5) is 12.6. The van der Waals surface area contributed by atoms with Gasteiger partial charge in [0.05, 0.1) is 17.3 Å². The highest BCUT2D eigenvalue weighted by atomic mass is 32.1. The molecule has 0 fully saturated rings. The van der Waals surface area contributed by atoms with E-state index < -0.39 is 0 Å². The first-order valence-corrected chi connectivity index (χ1v) is 6.64. The van der Waals surface area contributed by atoms with Gasteiger partial charge in [0.15, 0.2) is 0 Å². The Bertz CT molecular complexity index is 612. The van der Waals surface area contributed by atoms with Crippen LogP contribution in [0.3, 0.4) is 0 Å². The maximum absolute atomic E-state index is 12.1. The zero-order valence-electron chi connectivity index (χ0n) is 10.4. The lowest BCUT2D eigenvalue weighted by Gasteiger charge is -2.04. The first kappa shape index (κ1) is 13.2. The number of hydrogen-bond acceptors (Lipinski definition) is 5. The number of carbonyl (C=O) groups excluding carboxylic acids is 1. The summed E-state index contributed by atoms with van der Waals surface area (Å²) in [5.41, 5.74) is 1.95. The number of aromatic nitrogens is 2. The molecule has 1 amide bonds. The van der Waals surface area contributed by atoms with Gasteiger partial charge in [-0.25, -0.2) is 0 Å². The number of rotatable bonds is 4. The van der Waals surface area contributed by atoms with Crippen molar-refractivity contribution in [1.82, 2.24) is 9.59 Å². The second-order valence-corrected chi connectivity index (χ2v) is 4.70. The zero-order valence-corrected chi connectivity index (χ0v) is 11.2. The van der Waals surface area contributed by atoms with Crippen LogP contribution in [0, 0.1) is 11.3 Å². The molecule has 1 aromatic heterocycles. The van der Waals surface area contributed by atoms with Crippen LogP contribution < -0.4 is 5.32 Å². The molecule has 0 aliphatic carbocycles. The van der Waals surface area contributed by atoms with Crippen molar-refractivity contribution in [2.45, 2.75) is 19.8 Å². The molecule has 2 aromatic rings. The quantitative estimate of drug-likeness (QED) is 0.927. The van der Waals surface area contributed by atoms with E-state index in [4.69, 9.17) is 5.26 Å². The molecule has 5 nitrogen and oxygen atoms in total. The Labute approximate surface area is 115 Å². The summed E-state index contributed by atoms with van der Waals surface area (Å²) in [7, 11) is 0. The molecule has 0 spiro atoms. The summed E-state index contributed by atoms with van der Waals surface area (Å²) in [6.07, 6.45) is 1.66. The predicted octanol–water partition coefficient (Wildman–Crippen LogP) is 2.61. The van der Waals surface area contributed by atoms with Crippen molar-refractivity contribution < 1.29 is 4.79 Å². The third-order valence-corrected chi connectivity index (χ3v) is 3.29. The number of nitriles is 1. The molecule has 96 valence electrons. The molecule has 6 heteroatoms. The number of amides is 1. The molecule has 0 aliphatic rings. The largest absolute Gasteiger partial charge is 0.321 e. The first-order chi connectivity index (χ1) is 9.24. The number of anilines is 1. The Hall–Kier alpha value is -2.26. The van der Waals surface area contributed by atoms with Crippen LogP contribution in [0.15, 0.2) is 24.3 Å². The fraction of sp³-hybridized carbons (Fsp3) is 0.231. The smallest absolute Gasteiger partial charge is 0.269 e. The van der Waals surface area contributed by atoms with E-state index in [1.165, 1.54) is 0 Å². The third kappa shape index (κ3) is 3.14. The SMILES string of the molecule is CCCc1nnsc1C(=O)Nc1ccc(C#N)cc1. The van der Waals surface area contributed by atoms with Crippen LogP contribution >= 0.6 is 11.5 Å². The summed E-state index contributed by atoms with van der Waals surface area (Å²) in [5.74, 6) is -0.205.